The van der Waals surface area contributed by atoms with Gasteiger partial charge in [-0.05, 0) is 42.9 Å². The van der Waals surface area contributed by atoms with Gasteiger partial charge in [-0.3, -0.25) is 23.7 Å². The van der Waals surface area contributed by atoms with E-state index < -0.39 is 0 Å². The lowest BCUT2D eigenvalue weighted by Crippen LogP contribution is -2.48. The number of aryl methyl sites for hydroxylation is 2. The number of hydrogen-bond acceptors (Lipinski definition) is 6. The number of nitrogens with zero attached hydrogens (tertiary/aromatic N) is 4. The maximum Gasteiger partial charge on any atom is 0.258 e. The van der Waals surface area contributed by atoms with E-state index in [0.29, 0.717) is 24.6 Å². The number of thiazole rings is 1. The van der Waals surface area contributed by atoms with Crippen molar-refractivity contribution in [1.82, 2.24) is 19.2 Å². The summed E-state index contributed by atoms with van der Waals surface area (Å²) in [5.74, 6) is 0.0917. The molecule has 0 atom stereocenters. The third-order valence-electron chi connectivity index (χ3n) is 6.70. The summed E-state index contributed by atoms with van der Waals surface area (Å²) in [4.78, 5) is 46.9. The second-order valence-corrected chi connectivity index (χ2v) is 9.79. The van der Waals surface area contributed by atoms with Gasteiger partial charge < -0.3 is 4.90 Å². The van der Waals surface area contributed by atoms with E-state index in [-0.39, 0.29) is 30.1 Å². The highest BCUT2D eigenvalue weighted by atomic mass is 32.1. The molecule has 1 aliphatic heterocycles. The van der Waals surface area contributed by atoms with Gasteiger partial charge in [-0.25, -0.2) is 4.98 Å². The summed E-state index contributed by atoms with van der Waals surface area (Å²) < 4.78 is 1.55. The highest BCUT2D eigenvalue weighted by Gasteiger charge is 2.22. The van der Waals surface area contributed by atoms with Crippen LogP contribution in [-0.4, -0.2) is 57.1 Å². The number of piperazine rings is 1. The van der Waals surface area contributed by atoms with E-state index in [1.165, 1.54) is 35.3 Å². The zero-order valence-electron chi connectivity index (χ0n) is 18.7. The molecule has 8 heteroatoms. The molecular weight excluding hydrogens is 436 g/mol. The average Bonchev–Trinajstić information content (AvgIpc) is 3.32. The molecule has 2 aromatic heterocycles. The molecular formula is C25H28N4O3S. The van der Waals surface area contributed by atoms with Crippen LogP contribution in [0.4, 0.5) is 0 Å². The molecule has 1 saturated heterocycles. The maximum atomic E-state index is 12.7. The molecule has 0 saturated carbocycles. The second-order valence-electron chi connectivity index (χ2n) is 8.91. The third-order valence-corrected chi connectivity index (χ3v) is 7.46. The van der Waals surface area contributed by atoms with Crippen molar-refractivity contribution in [2.24, 2.45) is 0 Å². The number of carbonyl (C=O) groups is 2. The number of benzene rings is 1. The summed E-state index contributed by atoms with van der Waals surface area (Å²) in [6.07, 6.45) is 6.80. The van der Waals surface area contributed by atoms with E-state index in [4.69, 9.17) is 0 Å². The van der Waals surface area contributed by atoms with Gasteiger partial charge in [0, 0.05) is 68.8 Å². The first-order valence-electron chi connectivity index (χ1n) is 11.7. The fourth-order valence-corrected chi connectivity index (χ4v) is 5.52. The van der Waals surface area contributed by atoms with Crippen molar-refractivity contribution in [3.63, 3.8) is 0 Å². The van der Waals surface area contributed by atoms with Gasteiger partial charge >= 0.3 is 0 Å². The molecule has 172 valence electrons. The number of ketones is 1. The van der Waals surface area contributed by atoms with Crippen molar-refractivity contribution in [1.29, 1.82) is 0 Å². The van der Waals surface area contributed by atoms with E-state index in [1.807, 2.05) is 22.4 Å². The number of carbonyl (C=O) groups excluding carboxylic acids is 2. The van der Waals surface area contributed by atoms with Gasteiger partial charge in [0.1, 0.15) is 0 Å². The van der Waals surface area contributed by atoms with Crippen LogP contribution in [0.2, 0.25) is 0 Å². The van der Waals surface area contributed by atoms with Gasteiger partial charge in [-0.2, -0.15) is 0 Å². The van der Waals surface area contributed by atoms with Gasteiger partial charge in [-0.1, -0.05) is 12.1 Å². The Balaban J connectivity index is 1.11. The molecule has 0 spiro atoms. The molecule has 3 heterocycles. The smallest absolute Gasteiger partial charge is 0.258 e. The highest BCUT2D eigenvalue weighted by Crippen LogP contribution is 2.23. The molecule has 0 N–H and O–H groups in total. The van der Waals surface area contributed by atoms with Gasteiger partial charge in [0.15, 0.2) is 10.7 Å². The minimum atomic E-state index is -0.0614. The van der Waals surface area contributed by atoms with Crippen LogP contribution in [0.3, 0.4) is 0 Å². The Labute approximate surface area is 196 Å². The maximum absolute atomic E-state index is 12.7. The molecule has 33 heavy (non-hydrogen) atoms. The Bertz CT molecular complexity index is 1240. The minimum absolute atomic E-state index is 0.0392. The highest BCUT2D eigenvalue weighted by molar-refractivity contribution is 7.15. The first-order valence-corrected chi connectivity index (χ1v) is 12.6. The summed E-state index contributed by atoms with van der Waals surface area (Å²) >= 11 is 1.45. The Morgan fingerprint density at radius 2 is 1.76 bits per heavy atom. The standard InChI is InChI=1S/C25H28N4O3S/c30-22(20-6-5-18-3-1-2-4-19(18)15-20)7-8-23(31)28-11-9-27(10-12-28)17-21-16-24(32)29-13-14-33-25(29)26-21/h5-6,13-16H,1-4,7-12,17H2. The largest absolute Gasteiger partial charge is 0.340 e. The number of amides is 1. The van der Waals surface area contributed by atoms with Crippen molar-refractivity contribution >= 4 is 28.0 Å². The lowest BCUT2D eigenvalue weighted by Gasteiger charge is -2.34. The number of hydrogen-bond donors (Lipinski definition) is 0. The van der Waals surface area contributed by atoms with Crippen molar-refractivity contribution < 1.29 is 9.59 Å². The van der Waals surface area contributed by atoms with Crippen LogP contribution < -0.4 is 5.56 Å². The Morgan fingerprint density at radius 3 is 2.58 bits per heavy atom. The summed E-state index contributed by atoms with van der Waals surface area (Å²) in [6.45, 7) is 3.33. The SMILES string of the molecule is O=C(CCC(=O)N1CCN(Cc2cc(=O)n3ccsc3n2)CC1)c1ccc2c(c1)CCCC2. The number of fused-ring (bicyclic) bond motifs is 2. The van der Waals surface area contributed by atoms with Gasteiger partial charge in [0.2, 0.25) is 5.91 Å². The van der Waals surface area contributed by atoms with E-state index in [2.05, 4.69) is 16.0 Å². The second kappa shape index (κ2) is 9.57. The first kappa shape index (κ1) is 22.0. The van der Waals surface area contributed by atoms with Gasteiger partial charge in [-0.15, -0.1) is 11.3 Å². The van der Waals surface area contributed by atoms with Crippen LogP contribution in [0.15, 0.2) is 40.6 Å². The Morgan fingerprint density at radius 1 is 0.970 bits per heavy atom. The molecule has 2 aliphatic rings. The third kappa shape index (κ3) is 4.91. The molecule has 0 radical (unpaired) electrons. The molecule has 0 unspecified atom stereocenters. The lowest BCUT2D eigenvalue weighted by molar-refractivity contribution is -0.133. The molecule has 1 aromatic carbocycles. The van der Waals surface area contributed by atoms with E-state index >= 15 is 0 Å². The molecule has 1 aliphatic carbocycles. The van der Waals surface area contributed by atoms with Crippen molar-refractivity contribution in [3.05, 3.63) is 68.6 Å². The lowest BCUT2D eigenvalue weighted by atomic mass is 9.89. The van der Waals surface area contributed by atoms with Crippen LogP contribution >= 0.6 is 11.3 Å². The predicted molar refractivity (Wildman–Crippen MR) is 128 cm³/mol. The minimum Gasteiger partial charge on any atom is -0.340 e. The molecule has 0 bridgehead atoms. The first-order chi connectivity index (χ1) is 16.1. The van der Waals surface area contributed by atoms with Crippen LogP contribution in [0.1, 0.15) is 52.9 Å². The van der Waals surface area contributed by atoms with Crippen molar-refractivity contribution in [2.45, 2.75) is 45.1 Å². The zero-order chi connectivity index (χ0) is 22.8. The monoisotopic (exact) mass is 464 g/mol. The predicted octanol–water partition coefficient (Wildman–Crippen LogP) is 2.94. The normalized spacial score (nSPS) is 16.7. The van der Waals surface area contributed by atoms with Crippen LogP contribution in [0.25, 0.3) is 4.96 Å². The number of Topliss-reactive ketones (excluding diaryl/α,β-unsaturated/α-hetero) is 1. The molecule has 1 amide bonds. The summed E-state index contributed by atoms with van der Waals surface area (Å²) in [6, 6.07) is 7.63. The molecule has 7 nitrogen and oxygen atoms in total. The summed E-state index contributed by atoms with van der Waals surface area (Å²) in [5.41, 5.74) is 4.10. The van der Waals surface area contributed by atoms with Crippen molar-refractivity contribution in [2.75, 3.05) is 26.2 Å². The molecule has 3 aromatic rings. The van der Waals surface area contributed by atoms with Crippen molar-refractivity contribution in [3.8, 4) is 0 Å². The zero-order valence-corrected chi connectivity index (χ0v) is 19.5. The quantitative estimate of drug-likeness (QED) is 0.525. The van der Waals surface area contributed by atoms with Crippen LogP contribution in [0.5, 0.6) is 0 Å². The topological polar surface area (TPSA) is 75.0 Å². The number of aromatic nitrogens is 2. The van der Waals surface area contributed by atoms with Gasteiger partial charge in [0.25, 0.3) is 5.56 Å². The molecule has 5 rings (SSSR count). The van der Waals surface area contributed by atoms with Crippen LogP contribution in [0, 0.1) is 0 Å². The Kier molecular flexibility index (Phi) is 6.37. The Hall–Kier alpha value is -2.84. The summed E-state index contributed by atoms with van der Waals surface area (Å²) in [7, 11) is 0. The fourth-order valence-electron chi connectivity index (χ4n) is 4.78. The van der Waals surface area contributed by atoms with Crippen LogP contribution in [-0.2, 0) is 24.2 Å². The average molecular weight is 465 g/mol. The fraction of sp³-hybridized carbons (Fsp3) is 0.440. The van der Waals surface area contributed by atoms with E-state index in [9.17, 15) is 14.4 Å². The summed E-state index contributed by atoms with van der Waals surface area (Å²) in [5, 5.41) is 1.86. The molecule has 1 fully saturated rings. The van der Waals surface area contributed by atoms with E-state index in [0.717, 1.165) is 37.2 Å². The van der Waals surface area contributed by atoms with Gasteiger partial charge in [0.05, 0.1) is 5.69 Å². The number of rotatable bonds is 6. The van der Waals surface area contributed by atoms with E-state index in [1.54, 1.807) is 16.7 Å².